The average Bonchev–Trinajstić information content (AvgIpc) is 3.49. The van der Waals surface area contributed by atoms with Crippen LogP contribution in [0.3, 0.4) is 0 Å². The predicted octanol–water partition coefficient (Wildman–Crippen LogP) is 1.96. The highest BCUT2D eigenvalue weighted by atomic mass is 32.1. The van der Waals surface area contributed by atoms with E-state index in [1.165, 1.54) is 20.8 Å². The van der Waals surface area contributed by atoms with Crippen molar-refractivity contribution in [2.75, 3.05) is 22.5 Å². The maximum atomic E-state index is 13.2. The SMILES string of the molecule is CCCCN(C(=O)Cc1csc(NC(=O)C2CC2)n1)c1c(N)n(CC(C)C)c(=O)[nH]c1=O. The Balaban J connectivity index is 1.85. The number of carbonyl (C=O) groups excluding carboxylic acids is 2. The van der Waals surface area contributed by atoms with Crippen molar-refractivity contribution >= 4 is 39.8 Å². The number of hydrogen-bond donors (Lipinski definition) is 3. The number of anilines is 3. The van der Waals surface area contributed by atoms with Crippen LogP contribution in [0.4, 0.5) is 16.6 Å². The minimum absolute atomic E-state index is 0.0128. The molecule has 0 aliphatic heterocycles. The van der Waals surface area contributed by atoms with E-state index < -0.39 is 11.2 Å². The van der Waals surface area contributed by atoms with E-state index >= 15 is 0 Å². The van der Waals surface area contributed by atoms with Crippen molar-refractivity contribution in [3.05, 3.63) is 31.9 Å². The van der Waals surface area contributed by atoms with Gasteiger partial charge in [0.05, 0.1) is 12.1 Å². The molecule has 0 bridgehead atoms. The van der Waals surface area contributed by atoms with Gasteiger partial charge in [-0.25, -0.2) is 9.78 Å². The summed E-state index contributed by atoms with van der Waals surface area (Å²) in [5.74, 6) is -0.241. The molecule has 11 heteroatoms. The van der Waals surface area contributed by atoms with Gasteiger partial charge in [0.1, 0.15) is 5.82 Å². The van der Waals surface area contributed by atoms with Crippen LogP contribution in [0.15, 0.2) is 15.0 Å². The number of aromatic amines is 1. The van der Waals surface area contributed by atoms with E-state index in [2.05, 4.69) is 15.3 Å². The number of aromatic nitrogens is 3. The molecule has 4 N–H and O–H groups in total. The lowest BCUT2D eigenvalue weighted by molar-refractivity contribution is -0.118. The number of thiazole rings is 1. The molecule has 2 aromatic rings. The third-order valence-electron chi connectivity index (χ3n) is 5.13. The van der Waals surface area contributed by atoms with Crippen molar-refractivity contribution in [3.63, 3.8) is 0 Å². The fourth-order valence-corrected chi connectivity index (χ4v) is 4.02. The summed E-state index contributed by atoms with van der Waals surface area (Å²) in [6, 6.07) is 0. The Morgan fingerprint density at radius 1 is 1.38 bits per heavy atom. The Kier molecular flexibility index (Phi) is 7.49. The predicted molar refractivity (Wildman–Crippen MR) is 125 cm³/mol. The average molecular weight is 463 g/mol. The largest absolute Gasteiger partial charge is 0.383 e. The molecule has 0 radical (unpaired) electrons. The van der Waals surface area contributed by atoms with E-state index in [9.17, 15) is 19.2 Å². The van der Waals surface area contributed by atoms with E-state index in [-0.39, 0.29) is 48.1 Å². The molecule has 0 aromatic carbocycles. The summed E-state index contributed by atoms with van der Waals surface area (Å²) in [5.41, 5.74) is 5.42. The van der Waals surface area contributed by atoms with Crippen molar-refractivity contribution < 1.29 is 9.59 Å². The molecule has 0 saturated heterocycles. The van der Waals surface area contributed by atoms with Crippen molar-refractivity contribution in [1.82, 2.24) is 14.5 Å². The summed E-state index contributed by atoms with van der Waals surface area (Å²) < 4.78 is 1.29. The number of amides is 2. The maximum absolute atomic E-state index is 13.2. The van der Waals surface area contributed by atoms with E-state index in [0.29, 0.717) is 23.8 Å². The minimum Gasteiger partial charge on any atom is -0.383 e. The quantitative estimate of drug-likeness (QED) is 0.492. The number of nitrogen functional groups attached to an aromatic ring is 1. The van der Waals surface area contributed by atoms with Gasteiger partial charge in [-0.05, 0) is 25.2 Å². The fourth-order valence-electron chi connectivity index (χ4n) is 3.31. The maximum Gasteiger partial charge on any atom is 0.330 e. The molecular formula is C21H30N6O4S. The minimum atomic E-state index is -0.687. The highest BCUT2D eigenvalue weighted by molar-refractivity contribution is 7.13. The number of hydrogen-bond acceptors (Lipinski definition) is 7. The van der Waals surface area contributed by atoms with Gasteiger partial charge >= 0.3 is 5.69 Å². The summed E-state index contributed by atoms with van der Waals surface area (Å²) in [6.07, 6.45) is 3.20. The molecule has 10 nitrogen and oxygen atoms in total. The standard InChI is InChI=1S/C21H30N6O4S/c1-4-5-8-26(16-17(22)27(10-12(2)3)21(31)25-19(16)30)15(28)9-14-11-32-20(23-14)24-18(29)13-6-7-13/h11-13H,4-10,22H2,1-3H3,(H,23,24,29)(H,25,30,31). The van der Waals surface area contributed by atoms with Crippen LogP contribution in [0.25, 0.3) is 0 Å². The zero-order valence-corrected chi connectivity index (χ0v) is 19.5. The second kappa shape index (κ2) is 10.1. The van der Waals surface area contributed by atoms with Gasteiger partial charge in [-0.3, -0.25) is 23.9 Å². The smallest absolute Gasteiger partial charge is 0.330 e. The van der Waals surface area contributed by atoms with Crippen molar-refractivity contribution in [1.29, 1.82) is 0 Å². The fraction of sp³-hybridized carbons (Fsp3) is 0.571. The van der Waals surface area contributed by atoms with Crippen LogP contribution in [0.2, 0.25) is 0 Å². The van der Waals surface area contributed by atoms with Gasteiger partial charge in [-0.2, -0.15) is 0 Å². The number of carbonyl (C=O) groups is 2. The molecule has 0 unspecified atom stereocenters. The summed E-state index contributed by atoms with van der Waals surface area (Å²) >= 11 is 1.26. The van der Waals surface area contributed by atoms with Gasteiger partial charge in [0.25, 0.3) is 5.56 Å². The lowest BCUT2D eigenvalue weighted by Crippen LogP contribution is -2.42. The Morgan fingerprint density at radius 3 is 2.72 bits per heavy atom. The van der Waals surface area contributed by atoms with Gasteiger partial charge in [-0.15, -0.1) is 11.3 Å². The van der Waals surface area contributed by atoms with Gasteiger partial charge in [0, 0.05) is 24.4 Å². The monoisotopic (exact) mass is 462 g/mol. The van der Waals surface area contributed by atoms with Crippen LogP contribution in [0, 0.1) is 11.8 Å². The van der Waals surface area contributed by atoms with Crippen LogP contribution >= 0.6 is 11.3 Å². The normalized spacial score (nSPS) is 13.4. The Morgan fingerprint density at radius 2 is 2.09 bits per heavy atom. The number of unbranched alkanes of at least 4 members (excludes halogenated alkanes) is 1. The number of nitrogens with zero attached hydrogens (tertiary/aromatic N) is 3. The summed E-state index contributed by atoms with van der Waals surface area (Å²) in [5, 5.41) is 4.94. The zero-order valence-electron chi connectivity index (χ0n) is 18.6. The molecule has 2 aromatic heterocycles. The molecule has 0 atom stereocenters. The van der Waals surface area contributed by atoms with E-state index in [1.54, 1.807) is 5.38 Å². The van der Waals surface area contributed by atoms with Gasteiger partial charge in [0.15, 0.2) is 10.8 Å². The molecule has 2 heterocycles. The van der Waals surface area contributed by atoms with Gasteiger partial charge in [0.2, 0.25) is 11.8 Å². The molecule has 1 fully saturated rings. The molecule has 174 valence electrons. The first-order valence-electron chi connectivity index (χ1n) is 10.9. The van der Waals surface area contributed by atoms with Crippen molar-refractivity contribution in [2.45, 2.75) is 59.4 Å². The Hall–Kier alpha value is -2.95. The topological polar surface area (TPSA) is 143 Å². The molecule has 3 rings (SSSR count). The van der Waals surface area contributed by atoms with E-state index in [1.807, 2.05) is 20.8 Å². The highest BCUT2D eigenvalue weighted by Crippen LogP contribution is 2.30. The van der Waals surface area contributed by atoms with Crippen molar-refractivity contribution in [2.24, 2.45) is 11.8 Å². The van der Waals surface area contributed by atoms with Crippen LogP contribution in [-0.2, 0) is 22.6 Å². The van der Waals surface area contributed by atoms with Gasteiger partial charge < -0.3 is 16.0 Å². The zero-order chi connectivity index (χ0) is 23.4. The van der Waals surface area contributed by atoms with Crippen LogP contribution < -0.4 is 27.2 Å². The lowest BCUT2D eigenvalue weighted by atomic mass is 10.2. The third kappa shape index (κ3) is 5.64. The molecule has 1 aliphatic carbocycles. The first-order chi connectivity index (χ1) is 15.2. The molecule has 32 heavy (non-hydrogen) atoms. The molecule has 2 amide bonds. The van der Waals surface area contributed by atoms with Crippen molar-refractivity contribution in [3.8, 4) is 0 Å². The van der Waals surface area contributed by atoms with Crippen LogP contribution in [0.5, 0.6) is 0 Å². The molecule has 0 spiro atoms. The van der Waals surface area contributed by atoms with Gasteiger partial charge in [-0.1, -0.05) is 27.2 Å². The number of rotatable bonds is 10. The van der Waals surface area contributed by atoms with E-state index in [0.717, 1.165) is 19.3 Å². The third-order valence-corrected chi connectivity index (χ3v) is 5.94. The summed E-state index contributed by atoms with van der Waals surface area (Å²) in [6.45, 7) is 6.44. The second-order valence-corrected chi connectivity index (χ2v) is 9.34. The number of H-pyrrole nitrogens is 1. The first-order valence-corrected chi connectivity index (χ1v) is 11.8. The number of nitrogens with two attached hydrogens (primary N) is 1. The summed E-state index contributed by atoms with van der Waals surface area (Å²) in [7, 11) is 0. The molecular weight excluding hydrogens is 432 g/mol. The summed E-state index contributed by atoms with van der Waals surface area (Å²) in [4.78, 5) is 58.0. The molecule has 1 saturated carbocycles. The highest BCUT2D eigenvalue weighted by Gasteiger charge is 2.30. The lowest BCUT2D eigenvalue weighted by Gasteiger charge is -2.24. The number of nitrogens with one attached hydrogen (secondary N) is 2. The Labute approximate surface area is 189 Å². The molecule has 1 aliphatic rings. The van der Waals surface area contributed by atoms with Crippen LogP contribution in [0.1, 0.15) is 52.1 Å². The first kappa shape index (κ1) is 23.7. The van der Waals surface area contributed by atoms with Crippen LogP contribution in [-0.4, -0.2) is 32.9 Å². The van der Waals surface area contributed by atoms with E-state index in [4.69, 9.17) is 5.73 Å². The Bertz CT molecular complexity index is 1100. The second-order valence-electron chi connectivity index (χ2n) is 8.48.